The highest BCUT2D eigenvalue weighted by Crippen LogP contribution is 2.24. The average Bonchev–Trinajstić information content (AvgIpc) is 2.71. The number of nitrogens with zero attached hydrogens (tertiary/aromatic N) is 2. The van der Waals surface area contributed by atoms with Gasteiger partial charge < -0.3 is 0 Å². The van der Waals surface area contributed by atoms with Crippen LogP contribution in [0.4, 0.5) is 0 Å². The molecule has 0 amide bonds. The lowest BCUT2D eigenvalue weighted by Crippen LogP contribution is -2.14. The predicted octanol–water partition coefficient (Wildman–Crippen LogP) is 3.83. The molecular formula is C14H26N2. The van der Waals surface area contributed by atoms with Crippen LogP contribution in [0.1, 0.15) is 58.2 Å². The van der Waals surface area contributed by atoms with Gasteiger partial charge in [0.25, 0.3) is 0 Å². The number of aromatic nitrogens is 2. The minimum atomic E-state index is 0.853. The lowest BCUT2D eigenvalue weighted by Gasteiger charge is -2.19. The molecule has 1 aromatic heterocycles. The van der Waals surface area contributed by atoms with E-state index in [9.17, 15) is 0 Å². The van der Waals surface area contributed by atoms with Crippen LogP contribution in [-0.4, -0.2) is 9.78 Å². The molecule has 1 aliphatic carbocycles. The van der Waals surface area contributed by atoms with E-state index in [4.69, 9.17) is 0 Å². The zero-order chi connectivity index (χ0) is 12.0. The van der Waals surface area contributed by atoms with E-state index in [1.807, 2.05) is 13.8 Å². The first kappa shape index (κ1) is 13.3. The first-order valence-corrected chi connectivity index (χ1v) is 6.84. The molecule has 1 heterocycles. The maximum absolute atomic E-state index is 4.49. The molecule has 0 saturated carbocycles. The molecule has 92 valence electrons. The van der Waals surface area contributed by atoms with Crippen molar-refractivity contribution >= 4 is 0 Å². The third-order valence-corrected chi connectivity index (χ3v) is 3.20. The molecule has 16 heavy (non-hydrogen) atoms. The van der Waals surface area contributed by atoms with E-state index in [0.717, 1.165) is 12.5 Å². The molecule has 0 bridgehead atoms. The van der Waals surface area contributed by atoms with Crippen LogP contribution in [-0.2, 0) is 19.4 Å². The molecule has 0 radical (unpaired) electrons. The highest BCUT2D eigenvalue weighted by Gasteiger charge is 2.18. The molecule has 1 aromatic rings. The molecule has 0 fully saturated rings. The van der Waals surface area contributed by atoms with E-state index in [0.29, 0.717) is 0 Å². The minimum absolute atomic E-state index is 0.853. The SMILES string of the molecule is CC.CCCCn1ncc2c1CCC(C)C2. The lowest BCUT2D eigenvalue weighted by atomic mass is 9.89. The smallest absolute Gasteiger partial charge is 0.0524 e. The van der Waals surface area contributed by atoms with Crippen LogP contribution in [0.2, 0.25) is 0 Å². The first-order valence-electron chi connectivity index (χ1n) is 6.84. The van der Waals surface area contributed by atoms with Crippen LogP contribution >= 0.6 is 0 Å². The summed E-state index contributed by atoms with van der Waals surface area (Å²) in [7, 11) is 0. The van der Waals surface area contributed by atoms with Crippen LogP contribution in [0, 0.1) is 5.92 Å². The summed E-state index contributed by atoms with van der Waals surface area (Å²) in [5.41, 5.74) is 3.01. The van der Waals surface area contributed by atoms with Gasteiger partial charge in [-0.3, -0.25) is 4.68 Å². The Hall–Kier alpha value is -0.790. The molecule has 0 spiro atoms. The normalized spacial score (nSPS) is 18.6. The highest BCUT2D eigenvalue weighted by molar-refractivity contribution is 5.21. The summed E-state index contributed by atoms with van der Waals surface area (Å²) in [6.45, 7) is 9.69. The van der Waals surface area contributed by atoms with Gasteiger partial charge in [-0.15, -0.1) is 0 Å². The molecule has 2 nitrogen and oxygen atoms in total. The Morgan fingerprint density at radius 1 is 1.44 bits per heavy atom. The molecule has 0 aromatic carbocycles. The monoisotopic (exact) mass is 222 g/mol. The van der Waals surface area contributed by atoms with E-state index in [2.05, 4.69) is 29.8 Å². The third-order valence-electron chi connectivity index (χ3n) is 3.20. The van der Waals surface area contributed by atoms with Crippen molar-refractivity contribution in [2.45, 2.75) is 66.3 Å². The van der Waals surface area contributed by atoms with E-state index >= 15 is 0 Å². The van der Waals surface area contributed by atoms with Crippen molar-refractivity contribution < 1.29 is 0 Å². The van der Waals surface area contributed by atoms with Gasteiger partial charge in [0.1, 0.15) is 0 Å². The van der Waals surface area contributed by atoms with Gasteiger partial charge in [-0.25, -0.2) is 0 Å². The Bertz CT molecular complexity index is 302. The van der Waals surface area contributed by atoms with E-state index in [-0.39, 0.29) is 0 Å². The summed E-state index contributed by atoms with van der Waals surface area (Å²) in [5.74, 6) is 0.853. The Morgan fingerprint density at radius 2 is 2.19 bits per heavy atom. The quantitative estimate of drug-likeness (QED) is 0.760. The average molecular weight is 222 g/mol. The first-order chi connectivity index (χ1) is 7.81. The molecule has 0 saturated heterocycles. The summed E-state index contributed by atoms with van der Waals surface area (Å²) in [6, 6.07) is 0. The van der Waals surface area contributed by atoms with Gasteiger partial charge in [0.05, 0.1) is 6.20 Å². The third kappa shape index (κ3) is 3.10. The van der Waals surface area contributed by atoms with Crippen LogP contribution in [0.15, 0.2) is 6.20 Å². The molecule has 2 rings (SSSR count). The number of fused-ring (bicyclic) bond motifs is 1. The Kier molecular flexibility index (Phi) is 5.58. The second-order valence-corrected chi connectivity index (χ2v) is 4.54. The van der Waals surface area contributed by atoms with Gasteiger partial charge in [-0.05, 0) is 37.2 Å². The molecule has 1 atom stereocenters. The zero-order valence-corrected chi connectivity index (χ0v) is 11.3. The number of hydrogen-bond acceptors (Lipinski definition) is 1. The van der Waals surface area contributed by atoms with E-state index in [1.54, 1.807) is 0 Å². The number of unbranched alkanes of at least 4 members (excludes halogenated alkanes) is 1. The van der Waals surface area contributed by atoms with Crippen LogP contribution in [0.25, 0.3) is 0 Å². The number of hydrogen-bond donors (Lipinski definition) is 0. The Labute approximate surface area is 100 Å². The summed E-state index contributed by atoms with van der Waals surface area (Å²) in [6.07, 6.45) is 8.40. The van der Waals surface area contributed by atoms with Gasteiger partial charge in [0.2, 0.25) is 0 Å². The van der Waals surface area contributed by atoms with Gasteiger partial charge in [-0.1, -0.05) is 34.1 Å². The summed E-state index contributed by atoms with van der Waals surface area (Å²) < 4.78 is 2.23. The predicted molar refractivity (Wildman–Crippen MR) is 69.7 cm³/mol. The Balaban J connectivity index is 0.000000606. The van der Waals surface area contributed by atoms with Crippen LogP contribution < -0.4 is 0 Å². The minimum Gasteiger partial charge on any atom is -0.269 e. The van der Waals surface area contributed by atoms with E-state index < -0.39 is 0 Å². The van der Waals surface area contributed by atoms with Crippen molar-refractivity contribution in [3.8, 4) is 0 Å². The van der Waals surface area contributed by atoms with Gasteiger partial charge in [0.15, 0.2) is 0 Å². The summed E-state index contributed by atoms with van der Waals surface area (Å²) in [4.78, 5) is 0. The fourth-order valence-electron chi connectivity index (χ4n) is 2.27. The molecule has 0 N–H and O–H groups in total. The fourth-order valence-corrected chi connectivity index (χ4v) is 2.27. The highest BCUT2D eigenvalue weighted by atomic mass is 15.3. The second kappa shape index (κ2) is 6.72. The van der Waals surface area contributed by atoms with Crippen molar-refractivity contribution in [3.63, 3.8) is 0 Å². The molecular weight excluding hydrogens is 196 g/mol. The van der Waals surface area contributed by atoms with Gasteiger partial charge >= 0.3 is 0 Å². The summed E-state index contributed by atoms with van der Waals surface area (Å²) >= 11 is 0. The standard InChI is InChI=1S/C12H20N2.C2H6/c1-3-4-7-14-12-6-5-10(2)8-11(12)9-13-14;1-2/h9-10H,3-8H2,1-2H3;1-2H3. The largest absolute Gasteiger partial charge is 0.269 e. The maximum Gasteiger partial charge on any atom is 0.0524 e. The van der Waals surface area contributed by atoms with Crippen molar-refractivity contribution in [1.29, 1.82) is 0 Å². The fraction of sp³-hybridized carbons (Fsp3) is 0.786. The van der Waals surface area contributed by atoms with Gasteiger partial charge in [0, 0.05) is 12.2 Å². The number of aryl methyl sites for hydroxylation is 1. The van der Waals surface area contributed by atoms with Gasteiger partial charge in [-0.2, -0.15) is 5.10 Å². The van der Waals surface area contributed by atoms with Crippen molar-refractivity contribution in [3.05, 3.63) is 17.5 Å². The lowest BCUT2D eigenvalue weighted by molar-refractivity contribution is 0.468. The molecule has 1 aliphatic rings. The number of rotatable bonds is 3. The molecule has 0 aliphatic heterocycles. The topological polar surface area (TPSA) is 17.8 Å². The van der Waals surface area contributed by atoms with Crippen molar-refractivity contribution in [2.24, 2.45) is 5.92 Å². The van der Waals surface area contributed by atoms with Crippen molar-refractivity contribution in [1.82, 2.24) is 9.78 Å². The van der Waals surface area contributed by atoms with Crippen LogP contribution in [0.5, 0.6) is 0 Å². The van der Waals surface area contributed by atoms with E-state index in [1.165, 1.54) is 43.4 Å². The molecule has 1 unspecified atom stereocenters. The molecule has 2 heteroatoms. The Morgan fingerprint density at radius 3 is 2.88 bits per heavy atom. The van der Waals surface area contributed by atoms with Crippen LogP contribution in [0.3, 0.4) is 0 Å². The second-order valence-electron chi connectivity index (χ2n) is 4.54. The van der Waals surface area contributed by atoms with Crippen molar-refractivity contribution in [2.75, 3.05) is 0 Å². The summed E-state index contributed by atoms with van der Waals surface area (Å²) in [5, 5.41) is 4.49. The maximum atomic E-state index is 4.49. The zero-order valence-electron chi connectivity index (χ0n) is 11.3.